The Balaban J connectivity index is 2.33. The summed E-state index contributed by atoms with van der Waals surface area (Å²) in [6.07, 6.45) is 1.15. The van der Waals surface area contributed by atoms with Crippen molar-refractivity contribution in [1.82, 2.24) is 10.2 Å². The molecule has 0 radical (unpaired) electrons. The first-order valence-electron chi connectivity index (χ1n) is 6.27. The van der Waals surface area contributed by atoms with E-state index in [0.717, 1.165) is 42.3 Å². The standard InChI is InChI=1S/C13H18N4S/c1-4-11-8-17(5-6-18-11)13-12(7-14)9(2)10(3)15-16-13/h11H,4-6,8H2,1-3H3. The van der Waals surface area contributed by atoms with Crippen molar-refractivity contribution in [3.05, 3.63) is 16.8 Å². The Hall–Kier alpha value is -1.28. The van der Waals surface area contributed by atoms with Crippen molar-refractivity contribution in [3.63, 3.8) is 0 Å². The molecule has 1 unspecified atom stereocenters. The molecule has 1 aromatic heterocycles. The molecule has 0 bridgehead atoms. The third kappa shape index (κ3) is 2.44. The average Bonchev–Trinajstić information content (AvgIpc) is 2.41. The summed E-state index contributed by atoms with van der Waals surface area (Å²) in [5.74, 6) is 1.86. The quantitative estimate of drug-likeness (QED) is 0.818. The molecule has 0 amide bonds. The molecule has 1 aromatic rings. The lowest BCUT2D eigenvalue weighted by Gasteiger charge is -2.33. The molecule has 96 valence electrons. The van der Waals surface area contributed by atoms with Crippen molar-refractivity contribution >= 4 is 17.6 Å². The van der Waals surface area contributed by atoms with Crippen LogP contribution in [0, 0.1) is 25.2 Å². The van der Waals surface area contributed by atoms with Crippen molar-refractivity contribution in [2.75, 3.05) is 23.7 Å². The number of thioether (sulfide) groups is 1. The molecule has 5 heteroatoms. The third-order valence-electron chi connectivity index (χ3n) is 3.44. The van der Waals surface area contributed by atoms with E-state index in [0.29, 0.717) is 10.8 Å². The van der Waals surface area contributed by atoms with Gasteiger partial charge in [-0.2, -0.15) is 22.1 Å². The normalized spacial score (nSPS) is 19.7. The van der Waals surface area contributed by atoms with Crippen LogP contribution in [0.4, 0.5) is 5.82 Å². The Morgan fingerprint density at radius 3 is 2.89 bits per heavy atom. The van der Waals surface area contributed by atoms with Crippen LogP contribution in [-0.4, -0.2) is 34.3 Å². The van der Waals surface area contributed by atoms with E-state index in [-0.39, 0.29) is 0 Å². The zero-order valence-corrected chi connectivity index (χ0v) is 11.9. The summed E-state index contributed by atoms with van der Waals surface area (Å²) in [6.45, 7) is 7.97. The van der Waals surface area contributed by atoms with Crippen LogP contribution in [0.15, 0.2) is 0 Å². The molecule has 1 fully saturated rings. The van der Waals surface area contributed by atoms with Gasteiger partial charge in [-0.05, 0) is 25.8 Å². The van der Waals surface area contributed by atoms with Gasteiger partial charge >= 0.3 is 0 Å². The molecule has 2 rings (SSSR count). The molecule has 0 aliphatic carbocycles. The zero-order chi connectivity index (χ0) is 13.1. The second-order valence-electron chi connectivity index (χ2n) is 4.57. The van der Waals surface area contributed by atoms with Gasteiger partial charge in [0, 0.05) is 24.1 Å². The molecular weight excluding hydrogens is 244 g/mol. The fourth-order valence-corrected chi connectivity index (χ4v) is 3.29. The van der Waals surface area contributed by atoms with Gasteiger partial charge in [-0.15, -0.1) is 5.10 Å². The zero-order valence-electron chi connectivity index (χ0n) is 11.1. The van der Waals surface area contributed by atoms with E-state index < -0.39 is 0 Å². The van der Waals surface area contributed by atoms with Crippen LogP contribution in [0.1, 0.15) is 30.2 Å². The summed E-state index contributed by atoms with van der Waals surface area (Å²) in [4.78, 5) is 2.21. The Morgan fingerprint density at radius 1 is 1.44 bits per heavy atom. The molecule has 1 saturated heterocycles. The van der Waals surface area contributed by atoms with Gasteiger partial charge in [-0.25, -0.2) is 0 Å². The maximum absolute atomic E-state index is 9.33. The number of nitrogens with zero attached hydrogens (tertiary/aromatic N) is 4. The highest BCUT2D eigenvalue weighted by atomic mass is 32.2. The number of hydrogen-bond acceptors (Lipinski definition) is 5. The second-order valence-corrected chi connectivity index (χ2v) is 5.98. The van der Waals surface area contributed by atoms with Gasteiger partial charge in [0.15, 0.2) is 5.82 Å². The summed E-state index contributed by atoms with van der Waals surface area (Å²) in [5.41, 5.74) is 2.48. The van der Waals surface area contributed by atoms with Gasteiger partial charge in [-0.1, -0.05) is 6.92 Å². The first-order valence-corrected chi connectivity index (χ1v) is 7.32. The van der Waals surface area contributed by atoms with E-state index in [1.807, 2.05) is 25.6 Å². The maximum atomic E-state index is 9.33. The summed E-state index contributed by atoms with van der Waals surface area (Å²) in [6, 6.07) is 2.28. The van der Waals surface area contributed by atoms with Crippen LogP contribution < -0.4 is 4.90 Å². The van der Waals surface area contributed by atoms with Crippen LogP contribution in [-0.2, 0) is 0 Å². The molecule has 1 aliphatic heterocycles. The minimum Gasteiger partial charge on any atom is -0.352 e. The smallest absolute Gasteiger partial charge is 0.169 e. The summed E-state index contributed by atoms with van der Waals surface area (Å²) in [7, 11) is 0. The van der Waals surface area contributed by atoms with Crippen molar-refractivity contribution in [2.24, 2.45) is 0 Å². The number of anilines is 1. The van der Waals surface area contributed by atoms with E-state index in [1.54, 1.807) is 0 Å². The topological polar surface area (TPSA) is 52.8 Å². The Labute approximate surface area is 112 Å². The number of rotatable bonds is 2. The molecule has 1 atom stereocenters. The highest BCUT2D eigenvalue weighted by molar-refractivity contribution is 8.00. The average molecular weight is 262 g/mol. The molecule has 0 spiro atoms. The number of aryl methyl sites for hydroxylation is 1. The van der Waals surface area contributed by atoms with Gasteiger partial charge < -0.3 is 4.90 Å². The Bertz CT molecular complexity index is 481. The first kappa shape index (κ1) is 13.2. The lowest BCUT2D eigenvalue weighted by Crippen LogP contribution is -2.38. The summed E-state index contributed by atoms with van der Waals surface area (Å²) < 4.78 is 0. The lowest BCUT2D eigenvalue weighted by atomic mass is 10.1. The van der Waals surface area contributed by atoms with E-state index in [9.17, 15) is 5.26 Å². The monoisotopic (exact) mass is 262 g/mol. The van der Waals surface area contributed by atoms with Crippen LogP contribution in [0.2, 0.25) is 0 Å². The predicted octanol–water partition coefficient (Wildman–Crippen LogP) is 2.30. The van der Waals surface area contributed by atoms with Gasteiger partial charge in [-0.3, -0.25) is 0 Å². The maximum Gasteiger partial charge on any atom is 0.169 e. The molecule has 1 aliphatic rings. The fourth-order valence-electron chi connectivity index (χ4n) is 2.11. The van der Waals surface area contributed by atoms with Crippen LogP contribution in [0.3, 0.4) is 0 Å². The highest BCUT2D eigenvalue weighted by Gasteiger charge is 2.23. The molecular formula is C13H18N4S. The predicted molar refractivity (Wildman–Crippen MR) is 75.0 cm³/mol. The van der Waals surface area contributed by atoms with Crippen molar-refractivity contribution < 1.29 is 0 Å². The van der Waals surface area contributed by atoms with Gasteiger partial charge in [0.2, 0.25) is 0 Å². The highest BCUT2D eigenvalue weighted by Crippen LogP contribution is 2.27. The van der Waals surface area contributed by atoms with Crippen LogP contribution in [0.25, 0.3) is 0 Å². The first-order chi connectivity index (χ1) is 8.67. The van der Waals surface area contributed by atoms with E-state index in [2.05, 4.69) is 28.1 Å². The largest absolute Gasteiger partial charge is 0.352 e. The van der Waals surface area contributed by atoms with Crippen LogP contribution >= 0.6 is 11.8 Å². The third-order valence-corrected chi connectivity index (χ3v) is 4.81. The molecule has 18 heavy (non-hydrogen) atoms. The molecule has 2 heterocycles. The van der Waals surface area contributed by atoms with Gasteiger partial charge in [0.25, 0.3) is 0 Å². The molecule has 4 nitrogen and oxygen atoms in total. The molecule has 0 aromatic carbocycles. The number of aromatic nitrogens is 2. The number of hydrogen-bond donors (Lipinski definition) is 0. The lowest BCUT2D eigenvalue weighted by molar-refractivity contribution is 0.710. The second kappa shape index (κ2) is 5.57. The van der Waals surface area contributed by atoms with Crippen molar-refractivity contribution in [2.45, 2.75) is 32.4 Å². The summed E-state index contributed by atoms with van der Waals surface area (Å²) in [5, 5.41) is 18.4. The van der Waals surface area contributed by atoms with E-state index in [4.69, 9.17) is 0 Å². The summed E-state index contributed by atoms with van der Waals surface area (Å²) >= 11 is 2.01. The van der Waals surface area contributed by atoms with Crippen LogP contribution in [0.5, 0.6) is 0 Å². The van der Waals surface area contributed by atoms with E-state index in [1.165, 1.54) is 0 Å². The van der Waals surface area contributed by atoms with Gasteiger partial charge in [0.05, 0.1) is 5.69 Å². The SMILES string of the molecule is CCC1CN(c2nnc(C)c(C)c2C#N)CCS1. The minimum atomic E-state index is 0.633. The molecule has 0 saturated carbocycles. The van der Waals surface area contributed by atoms with E-state index >= 15 is 0 Å². The Kier molecular flexibility index (Phi) is 4.07. The Morgan fingerprint density at radius 2 is 2.22 bits per heavy atom. The number of nitriles is 1. The van der Waals surface area contributed by atoms with Gasteiger partial charge in [0.1, 0.15) is 11.6 Å². The molecule has 0 N–H and O–H groups in total. The minimum absolute atomic E-state index is 0.633. The van der Waals surface area contributed by atoms with Crippen molar-refractivity contribution in [1.29, 1.82) is 5.26 Å². The van der Waals surface area contributed by atoms with Crippen molar-refractivity contribution in [3.8, 4) is 6.07 Å². The fraction of sp³-hybridized carbons (Fsp3) is 0.615.